The number of nitrogens with zero attached hydrogens (tertiary/aromatic N) is 1. The van der Waals surface area contributed by atoms with Gasteiger partial charge in [0.25, 0.3) is 0 Å². The lowest BCUT2D eigenvalue weighted by atomic mass is 10.1. The van der Waals surface area contributed by atoms with E-state index < -0.39 is 0 Å². The van der Waals surface area contributed by atoms with E-state index in [2.05, 4.69) is 10.6 Å². The summed E-state index contributed by atoms with van der Waals surface area (Å²) < 4.78 is 0. The summed E-state index contributed by atoms with van der Waals surface area (Å²) in [6.07, 6.45) is 1.45. The Kier molecular flexibility index (Phi) is 5.54. The van der Waals surface area contributed by atoms with Crippen LogP contribution in [0.3, 0.4) is 0 Å². The van der Waals surface area contributed by atoms with Gasteiger partial charge in [-0.1, -0.05) is 18.2 Å². The summed E-state index contributed by atoms with van der Waals surface area (Å²) in [5.41, 5.74) is 3.61. The van der Waals surface area contributed by atoms with Crippen LogP contribution in [0.2, 0.25) is 0 Å². The van der Waals surface area contributed by atoms with Crippen LogP contribution in [0.1, 0.15) is 35.7 Å². The molecule has 0 aliphatic carbocycles. The van der Waals surface area contributed by atoms with E-state index in [1.807, 2.05) is 25.1 Å². The van der Waals surface area contributed by atoms with Crippen LogP contribution in [0.25, 0.3) is 0 Å². The molecule has 2 amide bonds. The highest BCUT2D eigenvalue weighted by molar-refractivity contribution is 6.04. The third-order valence-electron chi connectivity index (χ3n) is 4.69. The van der Waals surface area contributed by atoms with E-state index in [0.29, 0.717) is 17.7 Å². The molecule has 1 aliphatic rings. The molecule has 1 heterocycles. The van der Waals surface area contributed by atoms with Crippen molar-refractivity contribution in [2.45, 2.75) is 26.7 Å². The van der Waals surface area contributed by atoms with Gasteiger partial charge in [0, 0.05) is 29.9 Å². The SMILES string of the molecule is CC(=O)c1ccccc1NC(=O)CNc1cccc(N2CCCC2=O)c1C. The van der Waals surface area contributed by atoms with Crippen LogP contribution >= 0.6 is 0 Å². The van der Waals surface area contributed by atoms with Gasteiger partial charge in [0.1, 0.15) is 0 Å². The molecule has 0 saturated carbocycles. The zero-order chi connectivity index (χ0) is 19.4. The summed E-state index contributed by atoms with van der Waals surface area (Å²) in [5, 5.41) is 5.90. The lowest BCUT2D eigenvalue weighted by molar-refractivity contribution is -0.117. The van der Waals surface area contributed by atoms with Crippen molar-refractivity contribution in [1.29, 1.82) is 0 Å². The van der Waals surface area contributed by atoms with E-state index >= 15 is 0 Å². The number of para-hydroxylation sites is 1. The molecule has 6 nitrogen and oxygen atoms in total. The van der Waals surface area contributed by atoms with Crippen molar-refractivity contribution >= 4 is 34.7 Å². The highest BCUT2D eigenvalue weighted by atomic mass is 16.2. The summed E-state index contributed by atoms with van der Waals surface area (Å²) in [4.78, 5) is 37.8. The van der Waals surface area contributed by atoms with Crippen molar-refractivity contribution < 1.29 is 14.4 Å². The molecule has 0 aromatic heterocycles. The topological polar surface area (TPSA) is 78.5 Å². The van der Waals surface area contributed by atoms with Crippen LogP contribution in [0.4, 0.5) is 17.1 Å². The van der Waals surface area contributed by atoms with Crippen LogP contribution in [0.15, 0.2) is 42.5 Å². The van der Waals surface area contributed by atoms with Crippen LogP contribution in [0.5, 0.6) is 0 Å². The predicted molar refractivity (Wildman–Crippen MR) is 106 cm³/mol. The molecule has 0 bridgehead atoms. The number of hydrogen-bond acceptors (Lipinski definition) is 4. The molecular formula is C21H23N3O3. The number of carbonyl (C=O) groups is 3. The van der Waals surface area contributed by atoms with Crippen molar-refractivity contribution in [3.05, 3.63) is 53.6 Å². The van der Waals surface area contributed by atoms with Crippen molar-refractivity contribution in [3.8, 4) is 0 Å². The van der Waals surface area contributed by atoms with Gasteiger partial charge in [-0.2, -0.15) is 0 Å². The average molecular weight is 365 g/mol. The standard InChI is InChI=1S/C21H23N3O3/c1-14-17(9-5-10-19(14)24-12-6-11-21(24)27)22-13-20(26)23-18-8-4-3-7-16(18)15(2)25/h3-5,7-10,22H,6,11-13H2,1-2H3,(H,23,26). The smallest absolute Gasteiger partial charge is 0.243 e. The zero-order valence-corrected chi connectivity index (χ0v) is 15.5. The largest absolute Gasteiger partial charge is 0.376 e. The van der Waals surface area contributed by atoms with Gasteiger partial charge < -0.3 is 15.5 Å². The molecule has 0 radical (unpaired) electrons. The Morgan fingerprint density at radius 1 is 1.07 bits per heavy atom. The van der Waals surface area contributed by atoms with Crippen molar-refractivity contribution in [2.75, 3.05) is 28.6 Å². The van der Waals surface area contributed by atoms with E-state index in [4.69, 9.17) is 0 Å². The molecule has 1 fully saturated rings. The molecule has 6 heteroatoms. The number of anilines is 3. The van der Waals surface area contributed by atoms with Gasteiger partial charge >= 0.3 is 0 Å². The molecule has 2 aromatic rings. The third-order valence-corrected chi connectivity index (χ3v) is 4.69. The van der Waals surface area contributed by atoms with Gasteiger partial charge in [-0.15, -0.1) is 0 Å². The van der Waals surface area contributed by atoms with Gasteiger partial charge in [0.15, 0.2) is 5.78 Å². The van der Waals surface area contributed by atoms with Gasteiger partial charge in [-0.25, -0.2) is 0 Å². The van der Waals surface area contributed by atoms with Crippen LogP contribution in [-0.2, 0) is 9.59 Å². The zero-order valence-electron chi connectivity index (χ0n) is 15.5. The fraction of sp³-hybridized carbons (Fsp3) is 0.286. The second-order valence-electron chi connectivity index (χ2n) is 6.60. The monoisotopic (exact) mass is 365 g/mol. The van der Waals surface area contributed by atoms with Gasteiger partial charge in [-0.3, -0.25) is 14.4 Å². The van der Waals surface area contributed by atoms with E-state index in [9.17, 15) is 14.4 Å². The molecule has 2 aromatic carbocycles. The minimum absolute atomic E-state index is 0.0600. The minimum atomic E-state index is -0.245. The predicted octanol–water partition coefficient (Wildman–Crippen LogP) is 3.38. The van der Waals surface area contributed by atoms with Crippen LogP contribution in [-0.4, -0.2) is 30.7 Å². The first-order valence-electron chi connectivity index (χ1n) is 9.01. The van der Waals surface area contributed by atoms with Crippen molar-refractivity contribution in [3.63, 3.8) is 0 Å². The van der Waals surface area contributed by atoms with Crippen LogP contribution < -0.4 is 15.5 Å². The molecule has 3 rings (SSSR count). The lowest BCUT2D eigenvalue weighted by Crippen LogP contribution is -2.26. The second-order valence-corrected chi connectivity index (χ2v) is 6.60. The summed E-state index contributed by atoms with van der Waals surface area (Å²) in [6, 6.07) is 12.6. The molecule has 1 aliphatic heterocycles. The number of ketones is 1. The Morgan fingerprint density at radius 3 is 2.52 bits per heavy atom. The number of carbonyl (C=O) groups excluding carboxylic acids is 3. The summed E-state index contributed by atoms with van der Waals surface area (Å²) in [5.74, 6) is -0.211. The van der Waals surface area contributed by atoms with Gasteiger partial charge in [0.05, 0.1) is 12.2 Å². The highest BCUT2D eigenvalue weighted by Crippen LogP contribution is 2.29. The maximum atomic E-state index is 12.3. The number of rotatable bonds is 6. The summed E-state index contributed by atoms with van der Waals surface area (Å²) in [7, 11) is 0. The number of hydrogen-bond donors (Lipinski definition) is 2. The molecular weight excluding hydrogens is 342 g/mol. The van der Waals surface area contributed by atoms with Gasteiger partial charge in [0.2, 0.25) is 11.8 Å². The van der Waals surface area contributed by atoms with Crippen molar-refractivity contribution in [2.24, 2.45) is 0 Å². The molecule has 0 atom stereocenters. The Balaban J connectivity index is 1.68. The molecule has 140 valence electrons. The van der Waals surface area contributed by atoms with Crippen LogP contribution in [0, 0.1) is 6.92 Å². The number of benzene rings is 2. The quantitative estimate of drug-likeness (QED) is 0.769. The Bertz CT molecular complexity index is 892. The first kappa shape index (κ1) is 18.6. The van der Waals surface area contributed by atoms with E-state index in [1.54, 1.807) is 29.2 Å². The molecule has 0 spiro atoms. The first-order chi connectivity index (χ1) is 13.0. The fourth-order valence-corrected chi connectivity index (χ4v) is 3.28. The Hall–Kier alpha value is -3.15. The molecule has 0 unspecified atom stereocenters. The number of nitrogens with one attached hydrogen (secondary N) is 2. The molecule has 1 saturated heterocycles. The fourth-order valence-electron chi connectivity index (χ4n) is 3.28. The van der Waals surface area contributed by atoms with Gasteiger partial charge in [-0.05, 0) is 50.1 Å². The highest BCUT2D eigenvalue weighted by Gasteiger charge is 2.23. The minimum Gasteiger partial charge on any atom is -0.376 e. The van der Waals surface area contributed by atoms with E-state index in [0.717, 1.165) is 29.9 Å². The average Bonchev–Trinajstić information content (AvgIpc) is 3.07. The number of Topliss-reactive ketones (excluding diaryl/α,β-unsaturated/α-hetero) is 1. The number of amides is 2. The second kappa shape index (κ2) is 8.03. The Morgan fingerprint density at radius 2 is 1.81 bits per heavy atom. The lowest BCUT2D eigenvalue weighted by Gasteiger charge is -2.20. The normalized spacial score (nSPS) is 13.6. The molecule has 2 N–H and O–H groups in total. The summed E-state index contributed by atoms with van der Waals surface area (Å²) >= 11 is 0. The molecule has 27 heavy (non-hydrogen) atoms. The van der Waals surface area contributed by atoms with E-state index in [-0.39, 0.29) is 24.1 Å². The third kappa shape index (κ3) is 4.16. The van der Waals surface area contributed by atoms with E-state index in [1.165, 1.54) is 6.92 Å². The van der Waals surface area contributed by atoms with Crippen molar-refractivity contribution in [1.82, 2.24) is 0 Å². The Labute approximate surface area is 158 Å². The summed E-state index contributed by atoms with van der Waals surface area (Å²) in [6.45, 7) is 4.19. The maximum Gasteiger partial charge on any atom is 0.243 e. The first-order valence-corrected chi connectivity index (χ1v) is 9.01. The maximum absolute atomic E-state index is 12.3.